The topological polar surface area (TPSA) is 85.1 Å². The average molecular weight is 229 g/mol. The molecule has 1 aromatic rings. The molecule has 0 fully saturated rings. The molecule has 0 spiro atoms. The predicted molar refractivity (Wildman–Crippen MR) is 59.4 cm³/mol. The molecule has 90 valence electrons. The number of nitrogens with two attached hydrogens (primary N) is 1. The third kappa shape index (κ3) is 3.28. The van der Waals surface area contributed by atoms with Crippen LogP contribution in [0.25, 0.3) is 0 Å². The molecule has 4 N–H and O–H groups in total. The van der Waals surface area contributed by atoms with Gasteiger partial charge in [-0.05, 0) is 13.8 Å². The summed E-state index contributed by atoms with van der Waals surface area (Å²) >= 11 is 0. The Morgan fingerprint density at radius 3 is 2.81 bits per heavy atom. The summed E-state index contributed by atoms with van der Waals surface area (Å²) in [5.41, 5.74) is 1.84. The molecular formula is C9H16FN5O. The largest absolute Gasteiger partial charge is 0.377 e. The van der Waals surface area contributed by atoms with E-state index in [1.54, 1.807) is 7.11 Å². The third-order valence-corrected chi connectivity index (χ3v) is 2.11. The van der Waals surface area contributed by atoms with E-state index >= 15 is 0 Å². The van der Waals surface area contributed by atoms with Gasteiger partial charge in [-0.2, -0.15) is 4.98 Å². The van der Waals surface area contributed by atoms with E-state index in [0.717, 1.165) is 6.20 Å². The number of nitrogen functional groups attached to an aromatic ring is 1. The molecule has 1 heterocycles. The van der Waals surface area contributed by atoms with Crippen molar-refractivity contribution in [2.75, 3.05) is 24.4 Å². The van der Waals surface area contributed by atoms with Crippen LogP contribution in [0.3, 0.4) is 0 Å². The summed E-state index contributed by atoms with van der Waals surface area (Å²) < 4.78 is 18.5. The van der Waals surface area contributed by atoms with Gasteiger partial charge in [-0.1, -0.05) is 0 Å². The van der Waals surface area contributed by atoms with Crippen LogP contribution in [0, 0.1) is 5.82 Å². The number of hydrogen-bond acceptors (Lipinski definition) is 6. The van der Waals surface area contributed by atoms with E-state index in [-0.39, 0.29) is 11.8 Å². The molecule has 0 unspecified atom stereocenters. The van der Waals surface area contributed by atoms with Crippen LogP contribution < -0.4 is 16.6 Å². The molecule has 0 radical (unpaired) electrons. The number of nitrogens with one attached hydrogen (secondary N) is 2. The molecule has 1 aromatic heterocycles. The molecule has 0 atom stereocenters. The van der Waals surface area contributed by atoms with Gasteiger partial charge in [-0.25, -0.2) is 15.2 Å². The second kappa shape index (κ2) is 5.04. The lowest BCUT2D eigenvalue weighted by Gasteiger charge is -2.23. The summed E-state index contributed by atoms with van der Waals surface area (Å²) in [7, 11) is 1.59. The average Bonchev–Trinajstić information content (AvgIpc) is 2.28. The third-order valence-electron chi connectivity index (χ3n) is 2.11. The lowest BCUT2D eigenvalue weighted by molar-refractivity contribution is 0.0342. The highest BCUT2D eigenvalue weighted by Gasteiger charge is 2.17. The van der Waals surface area contributed by atoms with E-state index in [1.807, 2.05) is 13.8 Å². The normalized spacial score (nSPS) is 11.3. The first-order chi connectivity index (χ1) is 7.48. The van der Waals surface area contributed by atoms with Crippen LogP contribution in [0.5, 0.6) is 0 Å². The van der Waals surface area contributed by atoms with Gasteiger partial charge < -0.3 is 10.1 Å². The van der Waals surface area contributed by atoms with Crippen molar-refractivity contribution >= 4 is 11.8 Å². The Balaban J connectivity index is 2.73. The number of halogens is 1. The van der Waals surface area contributed by atoms with Gasteiger partial charge in [0.2, 0.25) is 5.95 Å². The number of aromatic nitrogens is 2. The molecule has 16 heavy (non-hydrogen) atoms. The fourth-order valence-electron chi connectivity index (χ4n) is 0.929. The molecule has 0 bridgehead atoms. The van der Waals surface area contributed by atoms with E-state index in [1.165, 1.54) is 0 Å². The van der Waals surface area contributed by atoms with Crippen molar-refractivity contribution in [1.29, 1.82) is 0 Å². The van der Waals surface area contributed by atoms with Crippen LogP contribution in [0.4, 0.5) is 16.2 Å². The van der Waals surface area contributed by atoms with E-state index in [9.17, 15) is 4.39 Å². The van der Waals surface area contributed by atoms with E-state index < -0.39 is 11.4 Å². The number of nitrogens with zero attached hydrogens (tertiary/aromatic N) is 2. The van der Waals surface area contributed by atoms with Gasteiger partial charge >= 0.3 is 0 Å². The number of hydrogen-bond donors (Lipinski definition) is 3. The molecule has 0 aliphatic rings. The van der Waals surface area contributed by atoms with Crippen LogP contribution in [-0.4, -0.2) is 29.2 Å². The smallest absolute Gasteiger partial charge is 0.239 e. The van der Waals surface area contributed by atoms with Gasteiger partial charge in [0.25, 0.3) is 0 Å². The highest BCUT2D eigenvalue weighted by atomic mass is 19.1. The van der Waals surface area contributed by atoms with Gasteiger partial charge in [0.1, 0.15) is 0 Å². The molecule has 6 nitrogen and oxygen atoms in total. The highest BCUT2D eigenvalue weighted by molar-refractivity contribution is 5.40. The van der Waals surface area contributed by atoms with Crippen molar-refractivity contribution in [2.45, 2.75) is 19.4 Å². The molecule has 0 aliphatic heterocycles. The van der Waals surface area contributed by atoms with Gasteiger partial charge in [0.15, 0.2) is 11.6 Å². The van der Waals surface area contributed by atoms with E-state index in [2.05, 4.69) is 20.7 Å². The van der Waals surface area contributed by atoms with E-state index in [0.29, 0.717) is 6.54 Å². The Bertz CT molecular complexity index is 358. The molecular weight excluding hydrogens is 213 g/mol. The van der Waals surface area contributed by atoms with Crippen LogP contribution in [0.15, 0.2) is 6.20 Å². The number of anilines is 2. The molecule has 7 heteroatoms. The van der Waals surface area contributed by atoms with Gasteiger partial charge in [-0.15, -0.1) is 0 Å². The Morgan fingerprint density at radius 1 is 1.56 bits per heavy atom. The molecule has 0 saturated carbocycles. The summed E-state index contributed by atoms with van der Waals surface area (Å²) in [6.07, 6.45) is 1.05. The molecule has 1 rings (SSSR count). The maximum Gasteiger partial charge on any atom is 0.239 e. The fraction of sp³-hybridized carbons (Fsp3) is 0.556. The summed E-state index contributed by atoms with van der Waals surface area (Å²) in [4.78, 5) is 7.47. The Kier molecular flexibility index (Phi) is 3.97. The SMILES string of the molecule is COC(C)(C)CNc1nc(NN)ncc1F. The lowest BCUT2D eigenvalue weighted by atomic mass is 10.1. The Hall–Kier alpha value is -1.47. The first-order valence-electron chi connectivity index (χ1n) is 4.76. The van der Waals surface area contributed by atoms with E-state index in [4.69, 9.17) is 10.6 Å². The predicted octanol–water partition coefficient (Wildman–Crippen LogP) is 0.738. The first kappa shape index (κ1) is 12.6. The van der Waals surface area contributed by atoms with Crippen LogP contribution in [-0.2, 0) is 4.74 Å². The fourth-order valence-corrected chi connectivity index (χ4v) is 0.929. The first-order valence-corrected chi connectivity index (χ1v) is 4.76. The maximum atomic E-state index is 13.3. The second-order valence-electron chi connectivity index (χ2n) is 3.85. The van der Waals surface area contributed by atoms with Crippen LogP contribution in [0.2, 0.25) is 0 Å². The van der Waals surface area contributed by atoms with Crippen LogP contribution >= 0.6 is 0 Å². The van der Waals surface area contributed by atoms with Gasteiger partial charge in [-0.3, -0.25) is 5.43 Å². The maximum absolute atomic E-state index is 13.3. The molecule has 0 amide bonds. The van der Waals surface area contributed by atoms with Crippen molar-refractivity contribution in [3.8, 4) is 0 Å². The van der Waals surface area contributed by atoms with Crippen molar-refractivity contribution in [3.05, 3.63) is 12.0 Å². The molecule has 0 aromatic carbocycles. The van der Waals surface area contributed by atoms with Crippen molar-refractivity contribution in [1.82, 2.24) is 9.97 Å². The minimum Gasteiger partial charge on any atom is -0.377 e. The minimum atomic E-state index is -0.536. The Morgan fingerprint density at radius 2 is 2.25 bits per heavy atom. The Labute approximate surface area is 93.4 Å². The standard InChI is InChI=1S/C9H16FN5O/c1-9(2,16-3)5-13-7-6(10)4-12-8(14-7)15-11/h4H,5,11H2,1-3H3,(H2,12,13,14,15). The summed E-state index contributed by atoms with van der Waals surface area (Å²) in [5, 5.41) is 2.83. The second-order valence-corrected chi connectivity index (χ2v) is 3.85. The van der Waals surface area contributed by atoms with Crippen molar-refractivity contribution in [3.63, 3.8) is 0 Å². The summed E-state index contributed by atoms with van der Waals surface area (Å²) in [6.45, 7) is 4.17. The lowest BCUT2D eigenvalue weighted by Crippen LogP contribution is -2.32. The summed E-state index contributed by atoms with van der Waals surface area (Å²) in [5.74, 6) is 4.83. The van der Waals surface area contributed by atoms with Crippen molar-refractivity contribution < 1.29 is 9.13 Å². The number of ether oxygens (including phenoxy) is 1. The monoisotopic (exact) mass is 229 g/mol. The quantitative estimate of drug-likeness (QED) is 0.510. The number of methoxy groups -OCH3 is 1. The van der Waals surface area contributed by atoms with Gasteiger partial charge in [0, 0.05) is 13.7 Å². The highest BCUT2D eigenvalue weighted by Crippen LogP contribution is 2.14. The number of hydrazine groups is 1. The zero-order valence-corrected chi connectivity index (χ0v) is 9.54. The minimum absolute atomic E-state index is 0.0908. The zero-order valence-electron chi connectivity index (χ0n) is 9.54. The number of rotatable bonds is 5. The summed E-state index contributed by atoms with van der Waals surface area (Å²) in [6, 6.07) is 0. The zero-order chi connectivity index (χ0) is 12.2. The van der Waals surface area contributed by atoms with Crippen molar-refractivity contribution in [2.24, 2.45) is 5.84 Å². The molecule has 0 aliphatic carbocycles. The molecule has 0 saturated heterocycles. The van der Waals surface area contributed by atoms with Gasteiger partial charge in [0.05, 0.1) is 11.8 Å². The van der Waals surface area contributed by atoms with Crippen LogP contribution in [0.1, 0.15) is 13.8 Å².